The van der Waals surface area contributed by atoms with E-state index in [1.54, 1.807) is 11.7 Å². The fraction of sp³-hybridized carbons (Fsp3) is 0.400. The fourth-order valence-corrected chi connectivity index (χ4v) is 2.97. The number of fused-ring (bicyclic) bond motifs is 1. The van der Waals surface area contributed by atoms with Gasteiger partial charge in [-0.05, 0) is 25.3 Å². The number of hydrogen-bond donors (Lipinski definition) is 2. The van der Waals surface area contributed by atoms with Crippen LogP contribution in [0.25, 0.3) is 10.9 Å². The van der Waals surface area contributed by atoms with Gasteiger partial charge in [0.2, 0.25) is 0 Å². The molecular formula is C15H17N3O3. The highest BCUT2D eigenvalue weighted by molar-refractivity contribution is 6.04. The number of benzene rings is 1. The quantitative estimate of drug-likeness (QED) is 0.897. The first-order valence-corrected chi connectivity index (χ1v) is 7.01. The number of nitrogens with one attached hydrogen (secondary N) is 1. The van der Waals surface area contributed by atoms with Crippen LogP contribution in [0.15, 0.2) is 24.3 Å². The lowest BCUT2D eigenvalue weighted by Crippen LogP contribution is -2.33. The molecule has 1 aromatic heterocycles. The predicted octanol–water partition coefficient (Wildman–Crippen LogP) is 1.56. The van der Waals surface area contributed by atoms with Crippen molar-refractivity contribution < 1.29 is 14.7 Å². The summed E-state index contributed by atoms with van der Waals surface area (Å²) in [5, 5.41) is 17.0. The van der Waals surface area contributed by atoms with E-state index in [1.807, 2.05) is 24.3 Å². The number of aromatic nitrogens is 2. The van der Waals surface area contributed by atoms with E-state index in [0.717, 1.165) is 10.9 Å². The van der Waals surface area contributed by atoms with Gasteiger partial charge in [0.15, 0.2) is 5.69 Å². The van der Waals surface area contributed by atoms with E-state index in [2.05, 4.69) is 10.4 Å². The Bertz CT molecular complexity index is 707. The summed E-state index contributed by atoms with van der Waals surface area (Å²) in [7, 11) is 1.80. The van der Waals surface area contributed by atoms with Gasteiger partial charge in [0.1, 0.15) is 0 Å². The number of carboxylic acids is 1. The van der Waals surface area contributed by atoms with Gasteiger partial charge in [0, 0.05) is 18.5 Å². The molecular weight excluding hydrogens is 270 g/mol. The Morgan fingerprint density at radius 2 is 2.10 bits per heavy atom. The highest BCUT2D eigenvalue weighted by Crippen LogP contribution is 2.26. The van der Waals surface area contributed by atoms with Crippen LogP contribution in [0, 0.1) is 5.92 Å². The Morgan fingerprint density at radius 1 is 1.33 bits per heavy atom. The summed E-state index contributed by atoms with van der Waals surface area (Å²) in [6.07, 6.45) is 1.81. The van der Waals surface area contributed by atoms with Crippen molar-refractivity contribution in [2.24, 2.45) is 13.0 Å². The second kappa shape index (κ2) is 5.20. The summed E-state index contributed by atoms with van der Waals surface area (Å²) in [6.45, 7) is 0. The van der Waals surface area contributed by atoms with E-state index in [0.29, 0.717) is 25.0 Å². The van der Waals surface area contributed by atoms with Crippen LogP contribution in [0.1, 0.15) is 29.8 Å². The monoisotopic (exact) mass is 287 g/mol. The number of rotatable bonds is 3. The first kappa shape index (κ1) is 13.6. The number of nitrogens with zero attached hydrogens (tertiary/aromatic N) is 2. The third kappa shape index (κ3) is 2.49. The van der Waals surface area contributed by atoms with Gasteiger partial charge in [-0.1, -0.05) is 18.2 Å². The second-order valence-corrected chi connectivity index (χ2v) is 5.51. The molecule has 0 saturated heterocycles. The average Bonchev–Trinajstić information content (AvgIpc) is 3.05. The van der Waals surface area contributed by atoms with Gasteiger partial charge in [-0.25, -0.2) is 0 Å². The van der Waals surface area contributed by atoms with E-state index in [-0.39, 0.29) is 17.9 Å². The van der Waals surface area contributed by atoms with Crippen molar-refractivity contribution in [1.29, 1.82) is 0 Å². The van der Waals surface area contributed by atoms with Crippen molar-refractivity contribution in [3.8, 4) is 0 Å². The molecule has 6 nitrogen and oxygen atoms in total. The molecule has 0 aliphatic heterocycles. The molecule has 1 aliphatic rings. The van der Waals surface area contributed by atoms with Gasteiger partial charge in [-0.3, -0.25) is 14.3 Å². The van der Waals surface area contributed by atoms with Gasteiger partial charge in [-0.2, -0.15) is 5.10 Å². The minimum Gasteiger partial charge on any atom is -0.481 e. The fourth-order valence-electron chi connectivity index (χ4n) is 2.97. The van der Waals surface area contributed by atoms with Gasteiger partial charge < -0.3 is 10.4 Å². The predicted molar refractivity (Wildman–Crippen MR) is 76.9 cm³/mol. The highest BCUT2D eigenvalue weighted by Gasteiger charge is 2.31. The van der Waals surface area contributed by atoms with Crippen LogP contribution in [0.5, 0.6) is 0 Å². The Kier molecular flexibility index (Phi) is 3.37. The maximum atomic E-state index is 12.4. The Hall–Kier alpha value is -2.37. The van der Waals surface area contributed by atoms with Crippen molar-refractivity contribution >= 4 is 22.8 Å². The second-order valence-electron chi connectivity index (χ2n) is 5.51. The number of carbonyl (C=O) groups is 2. The molecule has 2 atom stereocenters. The van der Waals surface area contributed by atoms with Crippen LogP contribution < -0.4 is 5.32 Å². The van der Waals surface area contributed by atoms with Crippen LogP contribution in [0.4, 0.5) is 0 Å². The number of aryl methyl sites for hydroxylation is 1. The zero-order valence-corrected chi connectivity index (χ0v) is 11.7. The van der Waals surface area contributed by atoms with Gasteiger partial charge in [0.25, 0.3) is 5.91 Å². The molecule has 110 valence electrons. The molecule has 1 saturated carbocycles. The van der Waals surface area contributed by atoms with Crippen molar-refractivity contribution in [3.05, 3.63) is 30.0 Å². The van der Waals surface area contributed by atoms with E-state index < -0.39 is 5.97 Å². The lowest BCUT2D eigenvalue weighted by atomic mass is 10.1. The normalized spacial score (nSPS) is 21.6. The molecule has 0 spiro atoms. The average molecular weight is 287 g/mol. The summed E-state index contributed by atoms with van der Waals surface area (Å²) < 4.78 is 1.68. The number of para-hydroxylation sites is 1. The van der Waals surface area contributed by atoms with Crippen LogP contribution >= 0.6 is 0 Å². The number of carbonyl (C=O) groups excluding carboxylic acids is 1. The summed E-state index contributed by atoms with van der Waals surface area (Å²) in [4.78, 5) is 23.3. The minimum atomic E-state index is -0.782. The van der Waals surface area contributed by atoms with Crippen LogP contribution in [-0.4, -0.2) is 32.8 Å². The summed E-state index contributed by atoms with van der Waals surface area (Å²) in [6, 6.07) is 7.47. The maximum Gasteiger partial charge on any atom is 0.306 e. The highest BCUT2D eigenvalue weighted by atomic mass is 16.4. The number of hydrogen-bond acceptors (Lipinski definition) is 3. The zero-order valence-electron chi connectivity index (χ0n) is 11.7. The third-order valence-corrected chi connectivity index (χ3v) is 4.09. The molecule has 1 aliphatic carbocycles. The summed E-state index contributed by atoms with van der Waals surface area (Å²) in [5.41, 5.74) is 1.30. The molecule has 2 N–H and O–H groups in total. The molecule has 0 bridgehead atoms. The largest absolute Gasteiger partial charge is 0.481 e. The number of carboxylic acid groups (broad SMARTS) is 1. The van der Waals surface area contributed by atoms with E-state index in [1.165, 1.54) is 0 Å². The number of aliphatic carboxylic acids is 1. The molecule has 0 radical (unpaired) electrons. The molecule has 1 fully saturated rings. The van der Waals surface area contributed by atoms with E-state index in [9.17, 15) is 9.59 Å². The zero-order chi connectivity index (χ0) is 15.0. The molecule has 21 heavy (non-hydrogen) atoms. The molecule has 2 unspecified atom stereocenters. The Labute approximate surface area is 121 Å². The molecule has 1 amide bonds. The minimum absolute atomic E-state index is 0.0839. The van der Waals surface area contributed by atoms with Gasteiger partial charge in [-0.15, -0.1) is 0 Å². The maximum absolute atomic E-state index is 12.4. The Morgan fingerprint density at radius 3 is 2.81 bits per heavy atom. The van der Waals surface area contributed by atoms with Crippen molar-refractivity contribution in [2.75, 3.05) is 0 Å². The van der Waals surface area contributed by atoms with E-state index in [4.69, 9.17) is 5.11 Å². The molecule has 2 aromatic rings. The van der Waals surface area contributed by atoms with Crippen molar-refractivity contribution in [2.45, 2.75) is 25.3 Å². The first-order chi connectivity index (χ1) is 10.1. The van der Waals surface area contributed by atoms with Crippen LogP contribution in [0.3, 0.4) is 0 Å². The molecule has 1 aromatic carbocycles. The SMILES string of the molecule is Cn1nc(C(=O)NC2CCC(C(=O)O)C2)c2ccccc21. The summed E-state index contributed by atoms with van der Waals surface area (Å²) in [5.74, 6) is -1.37. The molecule has 1 heterocycles. The van der Waals surface area contributed by atoms with Crippen LogP contribution in [0.2, 0.25) is 0 Å². The van der Waals surface area contributed by atoms with Crippen molar-refractivity contribution in [3.63, 3.8) is 0 Å². The lowest BCUT2D eigenvalue weighted by molar-refractivity contribution is -0.141. The molecule has 3 rings (SSSR count). The standard InChI is InChI=1S/C15H17N3O3/c1-18-12-5-3-2-4-11(12)13(17-18)14(19)16-10-7-6-9(8-10)15(20)21/h2-5,9-10H,6-8H2,1H3,(H,16,19)(H,20,21). The lowest BCUT2D eigenvalue weighted by Gasteiger charge is -2.11. The van der Waals surface area contributed by atoms with Crippen molar-refractivity contribution in [1.82, 2.24) is 15.1 Å². The smallest absolute Gasteiger partial charge is 0.306 e. The first-order valence-electron chi connectivity index (χ1n) is 7.01. The third-order valence-electron chi connectivity index (χ3n) is 4.09. The van der Waals surface area contributed by atoms with Gasteiger partial charge >= 0.3 is 5.97 Å². The molecule has 6 heteroatoms. The van der Waals surface area contributed by atoms with Gasteiger partial charge in [0.05, 0.1) is 11.4 Å². The topological polar surface area (TPSA) is 84.2 Å². The van der Waals surface area contributed by atoms with E-state index >= 15 is 0 Å². The number of amides is 1. The summed E-state index contributed by atoms with van der Waals surface area (Å²) >= 11 is 0. The van der Waals surface area contributed by atoms with Crippen LogP contribution in [-0.2, 0) is 11.8 Å². The Balaban J connectivity index is 1.78.